The second-order valence-corrected chi connectivity index (χ2v) is 4.49. The molecule has 2 aromatic rings. The van der Waals surface area contributed by atoms with Crippen LogP contribution in [0.25, 0.3) is 0 Å². The SMILES string of the molecule is COc1cccc(N(C)c2cc(Cl)c(F)cc2N)c1. The smallest absolute Gasteiger partial charge is 0.143 e. The van der Waals surface area contributed by atoms with Crippen molar-refractivity contribution in [2.45, 2.75) is 0 Å². The van der Waals surface area contributed by atoms with Crippen LogP contribution in [0.2, 0.25) is 5.02 Å². The Hall–Kier alpha value is -1.94. The molecule has 0 spiro atoms. The van der Waals surface area contributed by atoms with E-state index in [1.165, 1.54) is 12.1 Å². The molecule has 0 aliphatic carbocycles. The van der Waals surface area contributed by atoms with Crippen molar-refractivity contribution in [1.82, 2.24) is 0 Å². The summed E-state index contributed by atoms with van der Waals surface area (Å²) in [6.07, 6.45) is 0. The average Bonchev–Trinajstić information content (AvgIpc) is 2.42. The van der Waals surface area contributed by atoms with Crippen molar-refractivity contribution in [3.63, 3.8) is 0 Å². The van der Waals surface area contributed by atoms with Gasteiger partial charge in [0.15, 0.2) is 0 Å². The summed E-state index contributed by atoms with van der Waals surface area (Å²) in [5.41, 5.74) is 7.66. The number of benzene rings is 2. The quantitative estimate of drug-likeness (QED) is 0.868. The molecule has 19 heavy (non-hydrogen) atoms. The van der Waals surface area contributed by atoms with Crippen LogP contribution in [0.1, 0.15) is 0 Å². The zero-order chi connectivity index (χ0) is 14.0. The molecule has 5 heteroatoms. The van der Waals surface area contributed by atoms with Crippen molar-refractivity contribution in [2.75, 3.05) is 24.8 Å². The Bertz CT molecular complexity index is 604. The molecule has 0 radical (unpaired) electrons. The highest BCUT2D eigenvalue weighted by molar-refractivity contribution is 6.31. The highest BCUT2D eigenvalue weighted by Gasteiger charge is 2.12. The zero-order valence-electron chi connectivity index (χ0n) is 10.7. The van der Waals surface area contributed by atoms with Gasteiger partial charge < -0.3 is 15.4 Å². The molecule has 0 saturated carbocycles. The largest absolute Gasteiger partial charge is 0.497 e. The molecule has 0 aromatic heterocycles. The zero-order valence-corrected chi connectivity index (χ0v) is 11.4. The Balaban J connectivity index is 2.43. The maximum atomic E-state index is 13.3. The third kappa shape index (κ3) is 2.74. The van der Waals surface area contributed by atoms with E-state index >= 15 is 0 Å². The molecule has 0 amide bonds. The topological polar surface area (TPSA) is 38.5 Å². The fourth-order valence-electron chi connectivity index (χ4n) is 1.80. The molecule has 2 aromatic carbocycles. The van der Waals surface area contributed by atoms with Crippen LogP contribution in [0.4, 0.5) is 21.5 Å². The summed E-state index contributed by atoms with van der Waals surface area (Å²) < 4.78 is 18.5. The number of hydrogen-bond donors (Lipinski definition) is 1. The van der Waals surface area contributed by atoms with Crippen LogP contribution in [0.15, 0.2) is 36.4 Å². The normalized spacial score (nSPS) is 10.3. The van der Waals surface area contributed by atoms with Gasteiger partial charge in [0.05, 0.1) is 23.5 Å². The molecule has 0 aliphatic heterocycles. The van der Waals surface area contributed by atoms with Crippen molar-refractivity contribution in [2.24, 2.45) is 0 Å². The van der Waals surface area contributed by atoms with Gasteiger partial charge in [0, 0.05) is 24.9 Å². The molecule has 0 bridgehead atoms. The van der Waals surface area contributed by atoms with E-state index in [0.29, 0.717) is 11.4 Å². The predicted octanol–water partition coefficient (Wildman–Crippen LogP) is 3.84. The minimum Gasteiger partial charge on any atom is -0.497 e. The van der Waals surface area contributed by atoms with E-state index in [-0.39, 0.29) is 5.02 Å². The number of ether oxygens (including phenoxy) is 1. The van der Waals surface area contributed by atoms with Crippen LogP contribution in [-0.4, -0.2) is 14.2 Å². The van der Waals surface area contributed by atoms with Crippen LogP contribution in [-0.2, 0) is 0 Å². The Morgan fingerprint density at radius 1 is 1.26 bits per heavy atom. The van der Waals surface area contributed by atoms with Gasteiger partial charge in [-0.1, -0.05) is 17.7 Å². The van der Waals surface area contributed by atoms with Gasteiger partial charge in [-0.15, -0.1) is 0 Å². The molecule has 0 aliphatic rings. The Labute approximate surface area is 116 Å². The maximum absolute atomic E-state index is 13.3. The highest BCUT2D eigenvalue weighted by atomic mass is 35.5. The highest BCUT2D eigenvalue weighted by Crippen LogP contribution is 2.34. The van der Waals surface area contributed by atoms with E-state index in [9.17, 15) is 4.39 Å². The standard InChI is InChI=1S/C14H14ClFN2O/c1-18(9-4-3-5-10(6-9)19-2)14-7-11(15)12(16)8-13(14)17/h3-8H,17H2,1-2H3. The van der Waals surface area contributed by atoms with Gasteiger partial charge in [-0.2, -0.15) is 0 Å². The second-order valence-electron chi connectivity index (χ2n) is 4.09. The number of rotatable bonds is 3. The van der Waals surface area contributed by atoms with E-state index in [0.717, 1.165) is 11.4 Å². The number of nitrogen functional groups attached to an aromatic ring is 1. The van der Waals surface area contributed by atoms with Gasteiger partial charge in [-0.05, 0) is 18.2 Å². The molecule has 2 N–H and O–H groups in total. The van der Waals surface area contributed by atoms with Crippen LogP contribution < -0.4 is 15.4 Å². The summed E-state index contributed by atoms with van der Waals surface area (Å²) in [4.78, 5) is 1.82. The number of nitrogens with zero attached hydrogens (tertiary/aromatic N) is 1. The third-order valence-electron chi connectivity index (χ3n) is 2.87. The van der Waals surface area contributed by atoms with Crippen LogP contribution in [0.5, 0.6) is 5.75 Å². The summed E-state index contributed by atoms with van der Waals surface area (Å²) in [7, 11) is 3.43. The molecule has 0 fully saturated rings. The lowest BCUT2D eigenvalue weighted by Gasteiger charge is -2.22. The summed E-state index contributed by atoms with van der Waals surface area (Å²) in [5, 5.41) is 0.0407. The monoisotopic (exact) mass is 280 g/mol. The molecular weight excluding hydrogens is 267 g/mol. The Morgan fingerprint density at radius 3 is 2.68 bits per heavy atom. The molecule has 3 nitrogen and oxygen atoms in total. The number of nitrogens with two attached hydrogens (primary N) is 1. The average molecular weight is 281 g/mol. The molecule has 0 saturated heterocycles. The first-order valence-electron chi connectivity index (χ1n) is 5.65. The van der Waals surface area contributed by atoms with E-state index in [1.54, 1.807) is 7.11 Å². The molecule has 0 heterocycles. The number of methoxy groups -OCH3 is 1. The van der Waals surface area contributed by atoms with Crippen molar-refractivity contribution >= 4 is 28.7 Å². The van der Waals surface area contributed by atoms with Crippen molar-refractivity contribution in [1.29, 1.82) is 0 Å². The van der Waals surface area contributed by atoms with Crippen LogP contribution in [0, 0.1) is 5.82 Å². The summed E-state index contributed by atoms with van der Waals surface area (Å²) >= 11 is 5.79. The lowest BCUT2D eigenvalue weighted by atomic mass is 10.2. The molecule has 0 atom stereocenters. The summed E-state index contributed by atoms with van der Waals surface area (Å²) in [6, 6.07) is 10.2. The first-order valence-corrected chi connectivity index (χ1v) is 6.03. The van der Waals surface area contributed by atoms with E-state index in [1.807, 2.05) is 36.2 Å². The lowest BCUT2D eigenvalue weighted by molar-refractivity contribution is 0.415. The lowest BCUT2D eigenvalue weighted by Crippen LogP contribution is -2.12. The summed E-state index contributed by atoms with van der Waals surface area (Å²) in [6.45, 7) is 0. The fraction of sp³-hybridized carbons (Fsp3) is 0.143. The Kier molecular flexibility index (Phi) is 3.81. The fourth-order valence-corrected chi connectivity index (χ4v) is 1.96. The maximum Gasteiger partial charge on any atom is 0.143 e. The molecule has 0 unspecified atom stereocenters. The minimum atomic E-state index is -0.526. The Morgan fingerprint density at radius 2 is 2.00 bits per heavy atom. The molecule has 2 rings (SSSR count). The predicted molar refractivity (Wildman–Crippen MR) is 76.9 cm³/mol. The first kappa shape index (κ1) is 13.5. The van der Waals surface area contributed by atoms with Gasteiger partial charge in [-0.3, -0.25) is 0 Å². The van der Waals surface area contributed by atoms with E-state index in [2.05, 4.69) is 0 Å². The minimum absolute atomic E-state index is 0.0407. The van der Waals surface area contributed by atoms with E-state index < -0.39 is 5.82 Å². The van der Waals surface area contributed by atoms with Gasteiger partial charge in [0.2, 0.25) is 0 Å². The van der Waals surface area contributed by atoms with Crippen LogP contribution >= 0.6 is 11.6 Å². The second kappa shape index (κ2) is 5.36. The van der Waals surface area contributed by atoms with Crippen molar-refractivity contribution in [3.8, 4) is 5.75 Å². The number of halogens is 2. The van der Waals surface area contributed by atoms with Gasteiger partial charge in [-0.25, -0.2) is 4.39 Å². The van der Waals surface area contributed by atoms with Crippen molar-refractivity contribution < 1.29 is 9.13 Å². The summed E-state index contributed by atoms with van der Waals surface area (Å²) in [5.74, 6) is 0.207. The first-order chi connectivity index (χ1) is 9.02. The molecule has 100 valence electrons. The van der Waals surface area contributed by atoms with Crippen molar-refractivity contribution in [3.05, 3.63) is 47.2 Å². The number of anilines is 3. The van der Waals surface area contributed by atoms with Crippen LogP contribution in [0.3, 0.4) is 0 Å². The van der Waals surface area contributed by atoms with Gasteiger partial charge in [0.1, 0.15) is 11.6 Å². The van der Waals surface area contributed by atoms with Gasteiger partial charge in [0.25, 0.3) is 0 Å². The van der Waals surface area contributed by atoms with E-state index in [4.69, 9.17) is 22.1 Å². The van der Waals surface area contributed by atoms with Gasteiger partial charge >= 0.3 is 0 Å². The third-order valence-corrected chi connectivity index (χ3v) is 3.16. The number of hydrogen-bond acceptors (Lipinski definition) is 3. The molecular formula is C14H14ClFN2O.